The maximum absolute atomic E-state index is 11.6. The highest BCUT2D eigenvalue weighted by Crippen LogP contribution is 2.47. The minimum Gasteiger partial charge on any atom is -0.396 e. The number of rotatable bonds is 8. The molecule has 0 radical (unpaired) electrons. The standard InChI is InChI=1S/C12H23NO3/c1-10(8-16-2)7-11(15)13-9-12(3-4-12)5-6-14/h10,14H,3-9H2,1-2H3,(H,13,15). The van der Waals surface area contributed by atoms with E-state index in [0.717, 1.165) is 19.3 Å². The van der Waals surface area contributed by atoms with E-state index < -0.39 is 0 Å². The lowest BCUT2D eigenvalue weighted by Gasteiger charge is -2.16. The molecule has 1 unspecified atom stereocenters. The summed E-state index contributed by atoms with van der Waals surface area (Å²) in [7, 11) is 1.65. The molecule has 0 heterocycles. The van der Waals surface area contributed by atoms with Crippen molar-refractivity contribution >= 4 is 5.91 Å². The molecule has 94 valence electrons. The molecule has 1 fully saturated rings. The lowest BCUT2D eigenvalue weighted by molar-refractivity contribution is -0.122. The van der Waals surface area contributed by atoms with Gasteiger partial charge in [-0.3, -0.25) is 4.79 Å². The van der Waals surface area contributed by atoms with Crippen molar-refractivity contribution in [2.24, 2.45) is 11.3 Å². The molecule has 2 N–H and O–H groups in total. The molecule has 1 aliphatic rings. The number of aliphatic hydroxyl groups is 1. The largest absolute Gasteiger partial charge is 0.396 e. The SMILES string of the molecule is COCC(C)CC(=O)NCC1(CCO)CC1. The molecule has 1 saturated carbocycles. The Balaban J connectivity index is 2.15. The van der Waals surface area contributed by atoms with E-state index >= 15 is 0 Å². The Bertz CT molecular complexity index is 226. The van der Waals surface area contributed by atoms with Crippen LogP contribution in [-0.2, 0) is 9.53 Å². The van der Waals surface area contributed by atoms with Crippen LogP contribution >= 0.6 is 0 Å². The molecule has 0 aromatic rings. The summed E-state index contributed by atoms with van der Waals surface area (Å²) in [6.07, 6.45) is 3.58. The van der Waals surface area contributed by atoms with Crippen LogP contribution in [-0.4, -0.2) is 37.9 Å². The molecule has 0 aromatic carbocycles. The van der Waals surface area contributed by atoms with Crippen LogP contribution in [0.2, 0.25) is 0 Å². The number of ether oxygens (including phenoxy) is 1. The zero-order valence-corrected chi connectivity index (χ0v) is 10.3. The van der Waals surface area contributed by atoms with E-state index in [0.29, 0.717) is 19.6 Å². The minimum absolute atomic E-state index is 0.0914. The van der Waals surface area contributed by atoms with E-state index in [2.05, 4.69) is 5.32 Å². The average Bonchev–Trinajstić information content (AvgIpc) is 2.97. The van der Waals surface area contributed by atoms with Crippen LogP contribution in [0.15, 0.2) is 0 Å². The quantitative estimate of drug-likeness (QED) is 0.651. The van der Waals surface area contributed by atoms with E-state index in [9.17, 15) is 4.79 Å². The molecule has 1 amide bonds. The van der Waals surface area contributed by atoms with Crippen molar-refractivity contribution in [3.8, 4) is 0 Å². The van der Waals surface area contributed by atoms with Crippen molar-refractivity contribution in [1.29, 1.82) is 0 Å². The van der Waals surface area contributed by atoms with Crippen molar-refractivity contribution in [3.63, 3.8) is 0 Å². The van der Waals surface area contributed by atoms with Gasteiger partial charge in [0.1, 0.15) is 0 Å². The van der Waals surface area contributed by atoms with Gasteiger partial charge in [-0.05, 0) is 30.6 Å². The summed E-state index contributed by atoms with van der Waals surface area (Å²) in [5.41, 5.74) is 0.203. The molecular weight excluding hydrogens is 206 g/mol. The van der Waals surface area contributed by atoms with Crippen LogP contribution in [0.5, 0.6) is 0 Å². The van der Waals surface area contributed by atoms with Gasteiger partial charge in [0.15, 0.2) is 0 Å². The third kappa shape index (κ3) is 4.49. The van der Waals surface area contributed by atoms with Gasteiger partial charge in [0.05, 0.1) is 0 Å². The molecule has 4 nitrogen and oxygen atoms in total. The van der Waals surface area contributed by atoms with Gasteiger partial charge in [0, 0.05) is 33.3 Å². The molecule has 1 aliphatic carbocycles. The highest BCUT2D eigenvalue weighted by atomic mass is 16.5. The fourth-order valence-electron chi connectivity index (χ4n) is 1.95. The van der Waals surface area contributed by atoms with Crippen LogP contribution in [0.25, 0.3) is 0 Å². The van der Waals surface area contributed by atoms with Crippen molar-refractivity contribution in [1.82, 2.24) is 5.32 Å². The highest BCUT2D eigenvalue weighted by molar-refractivity contribution is 5.76. The first-order valence-electron chi connectivity index (χ1n) is 5.98. The summed E-state index contributed by atoms with van der Waals surface area (Å²) >= 11 is 0. The summed E-state index contributed by atoms with van der Waals surface area (Å²) in [5.74, 6) is 0.353. The van der Waals surface area contributed by atoms with Crippen LogP contribution < -0.4 is 5.32 Å². The first-order chi connectivity index (χ1) is 7.62. The minimum atomic E-state index is 0.0914. The second kappa shape index (κ2) is 6.21. The van der Waals surface area contributed by atoms with Crippen molar-refractivity contribution in [3.05, 3.63) is 0 Å². The van der Waals surface area contributed by atoms with E-state index in [1.165, 1.54) is 0 Å². The highest BCUT2D eigenvalue weighted by Gasteiger charge is 2.41. The van der Waals surface area contributed by atoms with E-state index in [-0.39, 0.29) is 23.8 Å². The topological polar surface area (TPSA) is 58.6 Å². The Labute approximate surface area is 97.4 Å². The van der Waals surface area contributed by atoms with Crippen LogP contribution in [0.3, 0.4) is 0 Å². The summed E-state index contributed by atoms with van der Waals surface area (Å²) in [5, 5.41) is 11.8. The Morgan fingerprint density at radius 3 is 2.75 bits per heavy atom. The molecular formula is C12H23NO3. The Morgan fingerprint density at radius 1 is 1.56 bits per heavy atom. The normalized spacial score (nSPS) is 19.2. The third-order valence-electron chi connectivity index (χ3n) is 3.24. The smallest absolute Gasteiger partial charge is 0.220 e. The zero-order valence-electron chi connectivity index (χ0n) is 10.3. The summed E-state index contributed by atoms with van der Waals surface area (Å²) in [6, 6.07) is 0. The van der Waals surface area contributed by atoms with Gasteiger partial charge in [0.2, 0.25) is 5.91 Å². The number of amides is 1. The number of carbonyl (C=O) groups is 1. The van der Waals surface area contributed by atoms with Gasteiger partial charge in [-0.15, -0.1) is 0 Å². The molecule has 0 bridgehead atoms. The molecule has 1 atom stereocenters. The molecule has 0 spiro atoms. The lowest BCUT2D eigenvalue weighted by Crippen LogP contribution is -2.32. The second-order valence-corrected chi connectivity index (χ2v) is 5.01. The number of methoxy groups -OCH3 is 1. The van der Waals surface area contributed by atoms with Gasteiger partial charge < -0.3 is 15.2 Å². The maximum Gasteiger partial charge on any atom is 0.220 e. The van der Waals surface area contributed by atoms with E-state index in [1.807, 2.05) is 6.92 Å². The van der Waals surface area contributed by atoms with Gasteiger partial charge in [0.25, 0.3) is 0 Å². The van der Waals surface area contributed by atoms with Crippen LogP contribution in [0.4, 0.5) is 0 Å². The second-order valence-electron chi connectivity index (χ2n) is 5.01. The molecule has 4 heteroatoms. The Hall–Kier alpha value is -0.610. The van der Waals surface area contributed by atoms with Crippen LogP contribution in [0, 0.1) is 11.3 Å². The van der Waals surface area contributed by atoms with Crippen molar-refractivity contribution < 1.29 is 14.6 Å². The van der Waals surface area contributed by atoms with Crippen molar-refractivity contribution in [2.75, 3.05) is 26.9 Å². The molecule has 0 aromatic heterocycles. The van der Waals surface area contributed by atoms with Gasteiger partial charge in [-0.1, -0.05) is 6.92 Å². The fraction of sp³-hybridized carbons (Fsp3) is 0.917. The number of carbonyl (C=O) groups excluding carboxylic acids is 1. The molecule has 0 aliphatic heterocycles. The van der Waals surface area contributed by atoms with E-state index in [1.54, 1.807) is 7.11 Å². The first-order valence-corrected chi connectivity index (χ1v) is 5.98. The monoisotopic (exact) mass is 229 g/mol. The Morgan fingerprint density at radius 2 is 2.25 bits per heavy atom. The predicted molar refractivity (Wildman–Crippen MR) is 62.0 cm³/mol. The van der Waals surface area contributed by atoms with Gasteiger partial charge in [-0.25, -0.2) is 0 Å². The summed E-state index contributed by atoms with van der Waals surface area (Å²) < 4.78 is 4.99. The predicted octanol–water partition coefficient (Wildman–Crippen LogP) is 0.938. The van der Waals surface area contributed by atoms with Crippen LogP contribution in [0.1, 0.15) is 32.6 Å². The molecule has 16 heavy (non-hydrogen) atoms. The number of nitrogens with one attached hydrogen (secondary N) is 1. The lowest BCUT2D eigenvalue weighted by atomic mass is 10.0. The average molecular weight is 229 g/mol. The third-order valence-corrected chi connectivity index (χ3v) is 3.24. The number of hydrogen-bond donors (Lipinski definition) is 2. The molecule has 1 rings (SSSR count). The van der Waals surface area contributed by atoms with Crippen molar-refractivity contribution in [2.45, 2.75) is 32.6 Å². The number of aliphatic hydroxyl groups excluding tert-OH is 1. The van der Waals surface area contributed by atoms with E-state index in [4.69, 9.17) is 9.84 Å². The zero-order chi connectivity index (χ0) is 12.0. The Kier molecular flexibility index (Phi) is 5.22. The number of hydrogen-bond acceptors (Lipinski definition) is 3. The maximum atomic E-state index is 11.6. The molecule has 0 saturated heterocycles. The van der Waals surface area contributed by atoms with Gasteiger partial charge in [-0.2, -0.15) is 0 Å². The summed E-state index contributed by atoms with van der Waals surface area (Å²) in [6.45, 7) is 3.56. The summed E-state index contributed by atoms with van der Waals surface area (Å²) in [4.78, 5) is 11.6. The fourth-order valence-corrected chi connectivity index (χ4v) is 1.95. The van der Waals surface area contributed by atoms with Gasteiger partial charge >= 0.3 is 0 Å². The first kappa shape index (κ1) is 13.5.